The summed E-state index contributed by atoms with van der Waals surface area (Å²) in [5.41, 5.74) is 1.10. The Morgan fingerprint density at radius 3 is 1.86 bits per heavy atom. The van der Waals surface area contributed by atoms with Crippen LogP contribution in [0.1, 0.15) is 33.7 Å². The van der Waals surface area contributed by atoms with Crippen molar-refractivity contribution in [3.8, 4) is 11.1 Å². The van der Waals surface area contributed by atoms with Gasteiger partial charge in [-0.2, -0.15) is 26.3 Å². The number of alkyl halides is 6. The Kier molecular flexibility index (Phi) is 6.60. The molecular weight excluding hydrogens is 472 g/mol. The van der Waals surface area contributed by atoms with Crippen molar-refractivity contribution >= 4 is 12.2 Å². The van der Waals surface area contributed by atoms with Crippen molar-refractivity contribution in [2.75, 3.05) is 13.2 Å². The number of amides is 1. The highest BCUT2D eigenvalue weighted by atomic mass is 19.4. The standard InChI is InChI=1S/C26H19F6NO2/c27-25(28,29)17-12-16(13-18(14-17)26(30,31)32)6-5-11-33-24(34)35-15-23-21-9-3-1-7-19(21)20-8-2-4-10-22(20)23/h1-10,12-14,23H,11,15H2,(H,33,34). The van der Waals surface area contributed by atoms with Gasteiger partial charge in [0.25, 0.3) is 0 Å². The highest BCUT2D eigenvalue weighted by molar-refractivity contribution is 5.79. The molecule has 0 fully saturated rings. The first-order valence-electron chi connectivity index (χ1n) is 10.6. The van der Waals surface area contributed by atoms with E-state index in [0.29, 0.717) is 12.1 Å². The second-order valence-electron chi connectivity index (χ2n) is 7.95. The fourth-order valence-electron chi connectivity index (χ4n) is 4.06. The van der Waals surface area contributed by atoms with Crippen molar-refractivity contribution in [1.29, 1.82) is 0 Å². The summed E-state index contributed by atoms with van der Waals surface area (Å²) in [6.45, 7) is -0.0690. The molecule has 35 heavy (non-hydrogen) atoms. The van der Waals surface area contributed by atoms with Crippen LogP contribution in [0.2, 0.25) is 0 Å². The number of alkyl carbamates (subject to hydrolysis) is 1. The molecule has 1 aliphatic rings. The number of carbonyl (C=O) groups is 1. The molecule has 3 aromatic carbocycles. The van der Waals surface area contributed by atoms with Gasteiger partial charge in [0.1, 0.15) is 6.61 Å². The van der Waals surface area contributed by atoms with E-state index in [4.69, 9.17) is 4.74 Å². The van der Waals surface area contributed by atoms with E-state index < -0.39 is 29.6 Å². The van der Waals surface area contributed by atoms with E-state index in [1.54, 1.807) is 0 Å². The van der Waals surface area contributed by atoms with Gasteiger partial charge >= 0.3 is 18.4 Å². The zero-order valence-corrected chi connectivity index (χ0v) is 18.1. The predicted molar refractivity (Wildman–Crippen MR) is 119 cm³/mol. The largest absolute Gasteiger partial charge is 0.449 e. The first kappa shape index (κ1) is 24.4. The van der Waals surface area contributed by atoms with Crippen LogP contribution in [0.5, 0.6) is 0 Å². The first-order chi connectivity index (χ1) is 16.5. The molecule has 0 saturated carbocycles. The highest BCUT2D eigenvalue weighted by Crippen LogP contribution is 2.44. The molecule has 3 nitrogen and oxygen atoms in total. The fraction of sp³-hybridized carbons (Fsp3) is 0.192. The van der Waals surface area contributed by atoms with Crippen molar-refractivity contribution in [2.24, 2.45) is 0 Å². The molecule has 0 saturated heterocycles. The minimum atomic E-state index is -4.93. The van der Waals surface area contributed by atoms with Gasteiger partial charge in [-0.3, -0.25) is 0 Å². The van der Waals surface area contributed by atoms with Gasteiger partial charge in [-0.25, -0.2) is 4.79 Å². The third-order valence-electron chi connectivity index (χ3n) is 5.63. The topological polar surface area (TPSA) is 38.3 Å². The Labute approximate surface area is 197 Å². The van der Waals surface area contributed by atoms with Gasteiger partial charge in [-0.05, 0) is 46.0 Å². The van der Waals surface area contributed by atoms with Gasteiger partial charge in [-0.15, -0.1) is 0 Å². The molecule has 0 aliphatic heterocycles. The summed E-state index contributed by atoms with van der Waals surface area (Å²) in [6, 6.07) is 16.9. The van der Waals surface area contributed by atoms with E-state index in [1.807, 2.05) is 48.5 Å². The molecule has 0 aromatic heterocycles. The van der Waals surface area contributed by atoms with Gasteiger partial charge in [0.15, 0.2) is 0 Å². The number of hydrogen-bond donors (Lipinski definition) is 1. The molecule has 4 rings (SSSR count). The number of halogens is 6. The Morgan fingerprint density at radius 1 is 0.829 bits per heavy atom. The number of hydrogen-bond acceptors (Lipinski definition) is 2. The van der Waals surface area contributed by atoms with E-state index in [1.165, 1.54) is 6.08 Å². The maximum absolute atomic E-state index is 13.0. The van der Waals surface area contributed by atoms with Crippen LogP contribution < -0.4 is 5.32 Å². The lowest BCUT2D eigenvalue weighted by Crippen LogP contribution is -2.26. The Hall–Kier alpha value is -3.75. The third kappa shape index (κ3) is 5.50. The van der Waals surface area contributed by atoms with Gasteiger partial charge in [-0.1, -0.05) is 60.7 Å². The molecule has 9 heteroatoms. The minimum Gasteiger partial charge on any atom is -0.449 e. The van der Waals surface area contributed by atoms with Crippen LogP contribution in [0.3, 0.4) is 0 Å². The maximum Gasteiger partial charge on any atom is 0.416 e. The maximum atomic E-state index is 13.0. The van der Waals surface area contributed by atoms with Crippen LogP contribution in [-0.2, 0) is 17.1 Å². The molecule has 0 bridgehead atoms. The van der Waals surface area contributed by atoms with Crippen molar-refractivity contribution < 1.29 is 35.9 Å². The second-order valence-corrected chi connectivity index (χ2v) is 7.95. The van der Waals surface area contributed by atoms with E-state index in [0.717, 1.165) is 28.3 Å². The smallest absolute Gasteiger partial charge is 0.416 e. The van der Waals surface area contributed by atoms with E-state index in [2.05, 4.69) is 5.32 Å². The number of fused-ring (bicyclic) bond motifs is 3. The summed E-state index contributed by atoms with van der Waals surface area (Å²) < 4.78 is 83.1. The molecule has 0 unspecified atom stereocenters. The molecule has 0 heterocycles. The molecule has 1 amide bonds. The lowest BCUT2D eigenvalue weighted by atomic mass is 9.98. The first-order valence-corrected chi connectivity index (χ1v) is 10.6. The molecule has 1 aliphatic carbocycles. The Bertz CT molecular complexity index is 1190. The molecule has 0 spiro atoms. The average molecular weight is 491 g/mol. The highest BCUT2D eigenvalue weighted by Gasteiger charge is 2.36. The van der Waals surface area contributed by atoms with Crippen LogP contribution in [-0.4, -0.2) is 19.2 Å². The monoisotopic (exact) mass is 491 g/mol. The van der Waals surface area contributed by atoms with Gasteiger partial charge < -0.3 is 10.1 Å². The van der Waals surface area contributed by atoms with E-state index in [9.17, 15) is 31.1 Å². The lowest BCUT2D eigenvalue weighted by Gasteiger charge is -2.14. The van der Waals surface area contributed by atoms with Crippen LogP contribution in [0, 0.1) is 0 Å². The summed E-state index contributed by atoms with van der Waals surface area (Å²) in [5.74, 6) is -0.144. The van der Waals surface area contributed by atoms with Gasteiger partial charge in [0, 0.05) is 12.5 Å². The molecule has 0 radical (unpaired) electrons. The quantitative estimate of drug-likeness (QED) is 0.381. The summed E-state index contributed by atoms with van der Waals surface area (Å²) in [6.07, 6.45) is -8.28. The van der Waals surface area contributed by atoms with Gasteiger partial charge in [0.05, 0.1) is 11.1 Å². The molecular formula is C26H19F6NO2. The summed E-state index contributed by atoms with van der Waals surface area (Å²) in [5, 5.41) is 2.42. The predicted octanol–water partition coefficient (Wildman–Crippen LogP) is 7.28. The SMILES string of the molecule is O=C(NCC=Cc1cc(C(F)(F)F)cc(C(F)(F)F)c1)OCC1c2ccccc2-c2ccccc21. The molecule has 182 valence electrons. The number of benzene rings is 3. The molecule has 1 N–H and O–H groups in total. The summed E-state index contributed by atoms with van der Waals surface area (Å²) >= 11 is 0. The van der Waals surface area contributed by atoms with Crippen molar-refractivity contribution in [3.05, 3.63) is 101 Å². The van der Waals surface area contributed by atoms with Gasteiger partial charge in [0.2, 0.25) is 0 Å². The second kappa shape index (κ2) is 9.48. The minimum absolute atomic E-state index is 0.0618. The molecule has 3 aromatic rings. The van der Waals surface area contributed by atoms with Crippen LogP contribution in [0.4, 0.5) is 31.1 Å². The van der Waals surface area contributed by atoms with E-state index >= 15 is 0 Å². The summed E-state index contributed by atoms with van der Waals surface area (Å²) in [7, 11) is 0. The normalized spacial score (nSPS) is 13.5. The van der Waals surface area contributed by atoms with Crippen LogP contribution in [0.15, 0.2) is 72.8 Å². The fourth-order valence-corrected chi connectivity index (χ4v) is 4.06. The number of rotatable bonds is 5. The average Bonchev–Trinajstić information content (AvgIpc) is 3.13. The zero-order chi connectivity index (χ0) is 25.2. The van der Waals surface area contributed by atoms with Crippen molar-refractivity contribution in [1.82, 2.24) is 5.32 Å². The zero-order valence-electron chi connectivity index (χ0n) is 18.1. The Morgan fingerprint density at radius 2 is 1.34 bits per heavy atom. The summed E-state index contributed by atoms with van der Waals surface area (Å²) in [4.78, 5) is 12.1. The van der Waals surface area contributed by atoms with Crippen molar-refractivity contribution in [2.45, 2.75) is 18.3 Å². The molecule has 0 atom stereocenters. The van der Waals surface area contributed by atoms with Crippen LogP contribution >= 0.6 is 0 Å². The lowest BCUT2D eigenvalue weighted by molar-refractivity contribution is -0.143. The Balaban J connectivity index is 1.37. The number of carbonyl (C=O) groups excluding carboxylic acids is 1. The number of ether oxygens (including phenoxy) is 1. The number of nitrogens with one attached hydrogen (secondary N) is 1. The third-order valence-corrected chi connectivity index (χ3v) is 5.63. The van der Waals surface area contributed by atoms with Crippen LogP contribution in [0.25, 0.3) is 17.2 Å². The van der Waals surface area contributed by atoms with Crippen molar-refractivity contribution in [3.63, 3.8) is 0 Å². The van der Waals surface area contributed by atoms with E-state index in [-0.39, 0.29) is 30.7 Å².